The summed E-state index contributed by atoms with van der Waals surface area (Å²) in [4.78, 5) is 11.7. The summed E-state index contributed by atoms with van der Waals surface area (Å²) in [6.07, 6.45) is 1.49. The third kappa shape index (κ3) is 2.02. The Bertz CT molecular complexity index is 1220. The van der Waals surface area contributed by atoms with Gasteiger partial charge in [-0.25, -0.2) is 9.97 Å². The fraction of sp³-hybridized carbons (Fsp3) is 0.167. The molecule has 0 fully saturated rings. The second-order valence-corrected chi connectivity index (χ2v) is 6.14. The van der Waals surface area contributed by atoms with Crippen LogP contribution in [0.1, 0.15) is 17.0 Å². The molecule has 0 unspecified atom stereocenters. The number of nitrogens with one attached hydrogen (secondary N) is 2. The van der Waals surface area contributed by atoms with Crippen LogP contribution in [0.2, 0.25) is 0 Å². The molecule has 3 heterocycles. The Labute approximate surface area is 142 Å². The molecule has 4 aromatic rings. The van der Waals surface area contributed by atoms with Crippen LogP contribution in [0.4, 0.5) is 0 Å². The second-order valence-electron chi connectivity index (χ2n) is 6.14. The number of nitrogens with zero attached hydrogens (tertiary/aromatic N) is 3. The molecule has 0 saturated carbocycles. The van der Waals surface area contributed by atoms with E-state index in [0.29, 0.717) is 33.5 Å². The van der Waals surface area contributed by atoms with Crippen molar-refractivity contribution >= 4 is 21.9 Å². The number of aryl methyl sites for hydroxylation is 2. The van der Waals surface area contributed by atoms with E-state index in [1.807, 2.05) is 13.8 Å². The van der Waals surface area contributed by atoms with Crippen molar-refractivity contribution in [2.75, 3.05) is 0 Å². The summed E-state index contributed by atoms with van der Waals surface area (Å²) >= 11 is 0. The van der Waals surface area contributed by atoms with Gasteiger partial charge in [-0.1, -0.05) is 6.07 Å². The second kappa shape index (κ2) is 5.07. The van der Waals surface area contributed by atoms with E-state index in [-0.39, 0.29) is 17.1 Å². The predicted octanol–water partition coefficient (Wildman–Crippen LogP) is 2.72. The predicted molar refractivity (Wildman–Crippen MR) is 94.1 cm³/mol. The number of hydrogen-bond donors (Lipinski definition) is 4. The molecule has 1 aromatic carbocycles. The Balaban J connectivity index is 2.34. The zero-order valence-electron chi connectivity index (χ0n) is 14.0. The summed E-state index contributed by atoms with van der Waals surface area (Å²) in [5, 5.41) is 30.1. The van der Waals surface area contributed by atoms with Gasteiger partial charge in [-0.2, -0.15) is 0 Å². The van der Waals surface area contributed by atoms with Crippen LogP contribution < -0.4 is 5.49 Å². The van der Waals surface area contributed by atoms with Crippen LogP contribution in [0.5, 0.6) is 11.6 Å². The lowest BCUT2D eigenvalue weighted by molar-refractivity contribution is 0.460. The number of aromatic amines is 1. The van der Waals surface area contributed by atoms with Crippen LogP contribution >= 0.6 is 0 Å². The molecule has 4 rings (SSSR count). The smallest absolute Gasteiger partial charge is 0.222 e. The molecule has 0 aliphatic carbocycles. The lowest BCUT2D eigenvalue weighted by atomic mass is 10.1. The number of aromatic hydroxyl groups is 2. The fourth-order valence-electron chi connectivity index (χ4n) is 3.34. The first-order chi connectivity index (χ1) is 11.9. The van der Waals surface area contributed by atoms with Crippen molar-refractivity contribution in [1.29, 1.82) is 5.41 Å². The van der Waals surface area contributed by atoms with E-state index in [0.717, 1.165) is 11.1 Å². The third-order valence-corrected chi connectivity index (χ3v) is 4.49. The topological polar surface area (TPSA) is 111 Å². The molecule has 0 saturated heterocycles. The van der Waals surface area contributed by atoms with Gasteiger partial charge in [0.2, 0.25) is 5.88 Å². The highest BCUT2D eigenvalue weighted by Gasteiger charge is 2.21. The highest BCUT2D eigenvalue weighted by atomic mass is 16.3. The molecule has 0 spiro atoms. The van der Waals surface area contributed by atoms with Gasteiger partial charge in [-0.3, -0.25) is 9.98 Å². The molecule has 0 atom stereocenters. The summed E-state index contributed by atoms with van der Waals surface area (Å²) in [6.45, 7) is 5.54. The number of rotatable bonds is 1. The van der Waals surface area contributed by atoms with Crippen LogP contribution in [-0.4, -0.2) is 29.7 Å². The van der Waals surface area contributed by atoms with Gasteiger partial charge in [0.1, 0.15) is 17.1 Å². The highest BCUT2D eigenvalue weighted by molar-refractivity contribution is 6.08. The normalized spacial score (nSPS) is 11.5. The van der Waals surface area contributed by atoms with E-state index in [4.69, 9.17) is 5.41 Å². The van der Waals surface area contributed by atoms with Crippen LogP contribution in [-0.2, 0) is 0 Å². The molecule has 0 aliphatic rings. The minimum atomic E-state index is -0.224. The Morgan fingerprint density at radius 1 is 1.08 bits per heavy atom. The Kier molecular flexibility index (Phi) is 3.08. The zero-order chi connectivity index (χ0) is 17.9. The van der Waals surface area contributed by atoms with Crippen molar-refractivity contribution in [2.24, 2.45) is 0 Å². The minimum Gasteiger partial charge on any atom is -0.508 e. The summed E-state index contributed by atoms with van der Waals surface area (Å²) in [6, 6.07) is 5.17. The Morgan fingerprint density at radius 2 is 1.84 bits per heavy atom. The molecule has 0 amide bonds. The maximum absolute atomic E-state index is 10.3. The van der Waals surface area contributed by atoms with Gasteiger partial charge in [0.15, 0.2) is 5.65 Å². The van der Waals surface area contributed by atoms with Gasteiger partial charge in [0.05, 0.1) is 22.0 Å². The SMILES string of the molecule is Cc1nc2c3c(ccnc(O)c3c(=N)n2-c2c(C)ccc(O)c2C)[nH]1. The number of phenolic OH excluding ortho intramolecular Hbond substituents is 1. The molecule has 126 valence electrons. The Morgan fingerprint density at radius 3 is 2.60 bits per heavy atom. The molecule has 0 bridgehead atoms. The van der Waals surface area contributed by atoms with Crippen molar-refractivity contribution in [2.45, 2.75) is 20.8 Å². The zero-order valence-corrected chi connectivity index (χ0v) is 14.0. The molecule has 7 heteroatoms. The third-order valence-electron chi connectivity index (χ3n) is 4.49. The molecule has 7 nitrogen and oxygen atoms in total. The number of benzene rings is 1. The fourth-order valence-corrected chi connectivity index (χ4v) is 3.34. The van der Waals surface area contributed by atoms with Gasteiger partial charge < -0.3 is 15.2 Å². The lowest BCUT2D eigenvalue weighted by Gasteiger charge is -2.13. The lowest BCUT2D eigenvalue weighted by Crippen LogP contribution is -2.16. The van der Waals surface area contributed by atoms with Crippen LogP contribution in [0.25, 0.3) is 27.6 Å². The Hall–Kier alpha value is -3.35. The van der Waals surface area contributed by atoms with Gasteiger partial charge in [0, 0.05) is 11.8 Å². The number of phenols is 1. The van der Waals surface area contributed by atoms with Crippen molar-refractivity contribution in [1.82, 2.24) is 19.5 Å². The van der Waals surface area contributed by atoms with Crippen molar-refractivity contribution in [3.63, 3.8) is 0 Å². The number of aromatic nitrogens is 4. The van der Waals surface area contributed by atoms with Crippen molar-refractivity contribution in [3.05, 3.63) is 46.8 Å². The number of H-pyrrole nitrogens is 1. The first kappa shape index (κ1) is 15.2. The van der Waals surface area contributed by atoms with Gasteiger partial charge in [-0.05, 0) is 38.5 Å². The van der Waals surface area contributed by atoms with E-state index in [9.17, 15) is 10.2 Å². The molecule has 3 aromatic heterocycles. The highest BCUT2D eigenvalue weighted by Crippen LogP contribution is 2.32. The maximum Gasteiger partial charge on any atom is 0.222 e. The van der Waals surface area contributed by atoms with Gasteiger partial charge >= 0.3 is 0 Å². The average Bonchev–Trinajstić information content (AvgIpc) is 2.73. The molecule has 0 radical (unpaired) electrons. The monoisotopic (exact) mass is 335 g/mol. The van der Waals surface area contributed by atoms with Crippen LogP contribution in [0.3, 0.4) is 0 Å². The van der Waals surface area contributed by atoms with Gasteiger partial charge in [-0.15, -0.1) is 0 Å². The summed E-state index contributed by atoms with van der Waals surface area (Å²) in [5.74, 6) is 0.597. The molecular formula is C18H17N5O2. The van der Waals surface area contributed by atoms with Crippen molar-refractivity contribution in [3.8, 4) is 17.3 Å². The van der Waals surface area contributed by atoms with Crippen molar-refractivity contribution < 1.29 is 10.2 Å². The average molecular weight is 335 g/mol. The van der Waals surface area contributed by atoms with Gasteiger partial charge in [0.25, 0.3) is 0 Å². The number of hydrogen-bond acceptors (Lipinski definition) is 5. The molecule has 0 aliphatic heterocycles. The summed E-state index contributed by atoms with van der Waals surface area (Å²) in [7, 11) is 0. The quantitative estimate of drug-likeness (QED) is 0.428. The maximum atomic E-state index is 10.3. The largest absolute Gasteiger partial charge is 0.508 e. The minimum absolute atomic E-state index is 0.0736. The van der Waals surface area contributed by atoms with Crippen LogP contribution in [0, 0.1) is 26.2 Å². The standard InChI is InChI=1S/C18H17N5O2/c1-8-4-5-12(24)9(2)15(8)23-16(19)14-13-11(6-7-20-18(14)25)21-10(3)22-17(13)23/h4-7,19,24-25H,1-3H3,(H,21,22). The first-order valence-electron chi connectivity index (χ1n) is 7.83. The molecule has 4 N–H and O–H groups in total. The first-order valence-corrected chi connectivity index (χ1v) is 7.83. The van der Waals surface area contributed by atoms with E-state index in [1.165, 1.54) is 6.20 Å². The van der Waals surface area contributed by atoms with E-state index >= 15 is 0 Å². The van der Waals surface area contributed by atoms with E-state index in [2.05, 4.69) is 15.0 Å². The van der Waals surface area contributed by atoms with E-state index in [1.54, 1.807) is 29.7 Å². The molecule has 25 heavy (non-hydrogen) atoms. The molecular weight excluding hydrogens is 318 g/mol. The summed E-state index contributed by atoms with van der Waals surface area (Å²) < 4.78 is 1.66. The summed E-state index contributed by atoms with van der Waals surface area (Å²) in [5.41, 5.74) is 3.57. The van der Waals surface area contributed by atoms with Crippen LogP contribution in [0.15, 0.2) is 24.4 Å². The van der Waals surface area contributed by atoms with E-state index < -0.39 is 0 Å².